The van der Waals surface area contributed by atoms with Gasteiger partial charge in [-0.3, -0.25) is 19.1 Å². The zero-order chi connectivity index (χ0) is 27.0. The molecule has 3 aromatic carbocycles. The molecule has 5 rings (SSSR count). The molecule has 0 radical (unpaired) electrons. The van der Waals surface area contributed by atoms with Gasteiger partial charge in [-0.1, -0.05) is 54.1 Å². The van der Waals surface area contributed by atoms with Gasteiger partial charge in [-0.05, 0) is 62.1 Å². The summed E-state index contributed by atoms with van der Waals surface area (Å²) in [6.07, 6.45) is 1.51. The first-order valence-corrected chi connectivity index (χ1v) is 12.4. The number of nitrogens with one attached hydrogen (secondary N) is 1. The molecule has 1 N–H and O–H groups in total. The lowest BCUT2D eigenvalue weighted by Gasteiger charge is -2.21. The Kier molecular flexibility index (Phi) is 6.78. The zero-order valence-corrected chi connectivity index (χ0v) is 21.8. The second-order valence-electron chi connectivity index (χ2n) is 9.10. The summed E-state index contributed by atoms with van der Waals surface area (Å²) in [6.45, 7) is 5.16. The van der Waals surface area contributed by atoms with Crippen LogP contribution in [0.1, 0.15) is 40.4 Å². The summed E-state index contributed by atoms with van der Waals surface area (Å²) in [7, 11) is 0. The standard InChI is InChI=1S/C30H24ClFN4O2/c1-17-12-13-20(14-24(17)32)25-16-33-19(3)28(35-25)29(37)34-18(2)26-15-21-8-7-11-23(31)27(21)30(38)36(26)22-9-5-4-6-10-22/h4-16,18H,1-3H3,(H,34,37)/t18-/m0/s1. The SMILES string of the molecule is Cc1ccc(-c2cnc(C)c(C(=O)N[C@@H](C)c3cc4cccc(Cl)c4c(=O)n3-c3ccccc3)n2)cc1F. The highest BCUT2D eigenvalue weighted by molar-refractivity contribution is 6.35. The third-order valence-corrected chi connectivity index (χ3v) is 6.78. The average Bonchev–Trinajstić information content (AvgIpc) is 2.90. The van der Waals surface area contributed by atoms with Crippen LogP contribution in [-0.2, 0) is 0 Å². The van der Waals surface area contributed by atoms with Crippen molar-refractivity contribution in [2.24, 2.45) is 0 Å². The molecule has 0 unspecified atom stereocenters. The van der Waals surface area contributed by atoms with E-state index in [1.807, 2.05) is 42.5 Å². The van der Waals surface area contributed by atoms with E-state index in [4.69, 9.17) is 11.6 Å². The van der Waals surface area contributed by atoms with Crippen LogP contribution in [0.25, 0.3) is 27.7 Å². The van der Waals surface area contributed by atoms with Crippen molar-refractivity contribution in [3.05, 3.63) is 123 Å². The Morgan fingerprint density at radius 3 is 2.53 bits per heavy atom. The minimum atomic E-state index is -0.583. The smallest absolute Gasteiger partial charge is 0.272 e. The number of halogens is 2. The van der Waals surface area contributed by atoms with Crippen molar-refractivity contribution < 1.29 is 9.18 Å². The fourth-order valence-electron chi connectivity index (χ4n) is 4.40. The molecular weight excluding hydrogens is 503 g/mol. The molecule has 8 heteroatoms. The lowest BCUT2D eigenvalue weighted by Crippen LogP contribution is -2.33. The summed E-state index contributed by atoms with van der Waals surface area (Å²) in [5.41, 5.74) is 2.91. The second-order valence-corrected chi connectivity index (χ2v) is 9.50. The molecule has 0 saturated heterocycles. The van der Waals surface area contributed by atoms with Gasteiger partial charge >= 0.3 is 0 Å². The first-order chi connectivity index (χ1) is 18.2. The van der Waals surface area contributed by atoms with E-state index in [0.29, 0.717) is 49.7 Å². The third kappa shape index (κ3) is 4.68. The molecule has 5 aromatic rings. The number of hydrogen-bond acceptors (Lipinski definition) is 4. The number of carbonyl (C=O) groups is 1. The number of carbonyl (C=O) groups excluding carboxylic acids is 1. The highest BCUT2D eigenvalue weighted by atomic mass is 35.5. The number of rotatable bonds is 5. The van der Waals surface area contributed by atoms with Gasteiger partial charge in [0, 0.05) is 16.9 Å². The fraction of sp³-hybridized carbons (Fsp3) is 0.133. The Morgan fingerprint density at radius 2 is 1.79 bits per heavy atom. The highest BCUT2D eigenvalue weighted by Crippen LogP contribution is 2.26. The van der Waals surface area contributed by atoms with E-state index < -0.39 is 11.9 Å². The topological polar surface area (TPSA) is 76.9 Å². The molecule has 2 heterocycles. The Bertz CT molecular complexity index is 1750. The van der Waals surface area contributed by atoms with E-state index in [-0.39, 0.29) is 17.1 Å². The third-order valence-electron chi connectivity index (χ3n) is 6.47. The molecule has 1 atom stereocenters. The minimum Gasteiger partial charge on any atom is -0.343 e. The molecule has 1 amide bonds. The molecule has 0 aliphatic rings. The zero-order valence-electron chi connectivity index (χ0n) is 21.0. The van der Waals surface area contributed by atoms with Gasteiger partial charge in [0.15, 0.2) is 0 Å². The van der Waals surface area contributed by atoms with Crippen molar-refractivity contribution in [2.75, 3.05) is 0 Å². The molecule has 0 bridgehead atoms. The highest BCUT2D eigenvalue weighted by Gasteiger charge is 2.22. The maximum absolute atomic E-state index is 14.1. The van der Waals surface area contributed by atoms with Gasteiger partial charge in [-0.2, -0.15) is 0 Å². The van der Waals surface area contributed by atoms with Crippen LogP contribution in [-0.4, -0.2) is 20.4 Å². The number of pyridine rings is 1. The first-order valence-electron chi connectivity index (χ1n) is 12.0. The lowest BCUT2D eigenvalue weighted by molar-refractivity contribution is 0.0932. The average molecular weight is 527 g/mol. The van der Waals surface area contributed by atoms with E-state index >= 15 is 0 Å². The van der Waals surface area contributed by atoms with Crippen LogP contribution in [0.5, 0.6) is 0 Å². The monoisotopic (exact) mass is 526 g/mol. The summed E-state index contributed by atoms with van der Waals surface area (Å²) in [5.74, 6) is -0.824. The van der Waals surface area contributed by atoms with Gasteiger partial charge in [-0.15, -0.1) is 0 Å². The van der Waals surface area contributed by atoms with Crippen LogP contribution < -0.4 is 10.9 Å². The Labute approximate surface area is 223 Å². The summed E-state index contributed by atoms with van der Waals surface area (Å²) >= 11 is 6.40. The Morgan fingerprint density at radius 1 is 1.03 bits per heavy atom. The summed E-state index contributed by atoms with van der Waals surface area (Å²) in [4.78, 5) is 35.9. The number of fused-ring (bicyclic) bond motifs is 1. The van der Waals surface area contributed by atoms with Gasteiger partial charge in [0.05, 0.1) is 34.0 Å². The number of hydrogen-bond donors (Lipinski definition) is 1. The number of aryl methyl sites for hydroxylation is 2. The molecule has 6 nitrogen and oxygen atoms in total. The number of amides is 1. The van der Waals surface area contributed by atoms with Crippen molar-refractivity contribution in [3.63, 3.8) is 0 Å². The summed E-state index contributed by atoms with van der Waals surface area (Å²) in [6, 6.07) is 20.5. The Hall–Kier alpha value is -4.36. The maximum atomic E-state index is 14.1. The van der Waals surface area contributed by atoms with Gasteiger partial charge in [-0.25, -0.2) is 9.37 Å². The van der Waals surface area contributed by atoms with Crippen LogP contribution in [0.4, 0.5) is 4.39 Å². The molecule has 0 spiro atoms. The second kappa shape index (κ2) is 10.2. The number of benzene rings is 3. The van der Waals surface area contributed by atoms with Gasteiger partial charge < -0.3 is 5.32 Å². The summed E-state index contributed by atoms with van der Waals surface area (Å²) in [5, 5.41) is 4.39. The first kappa shape index (κ1) is 25.3. The fourth-order valence-corrected chi connectivity index (χ4v) is 4.66. The van der Waals surface area contributed by atoms with Crippen molar-refractivity contribution in [3.8, 4) is 16.9 Å². The molecule has 2 aromatic heterocycles. The predicted octanol–water partition coefficient (Wildman–Crippen LogP) is 6.35. The quantitative estimate of drug-likeness (QED) is 0.289. The van der Waals surface area contributed by atoms with E-state index in [2.05, 4.69) is 15.3 Å². The largest absolute Gasteiger partial charge is 0.343 e. The molecule has 38 heavy (non-hydrogen) atoms. The number of para-hydroxylation sites is 1. The van der Waals surface area contributed by atoms with E-state index in [0.717, 1.165) is 0 Å². The molecule has 190 valence electrons. The van der Waals surface area contributed by atoms with E-state index in [9.17, 15) is 14.0 Å². The van der Waals surface area contributed by atoms with Crippen molar-refractivity contribution >= 4 is 28.3 Å². The maximum Gasteiger partial charge on any atom is 0.272 e. The van der Waals surface area contributed by atoms with Gasteiger partial charge in [0.25, 0.3) is 11.5 Å². The Balaban J connectivity index is 1.55. The normalized spacial score (nSPS) is 11.9. The molecule has 0 aliphatic heterocycles. The van der Waals surface area contributed by atoms with E-state index in [1.165, 1.54) is 12.3 Å². The molecular formula is C30H24ClFN4O2. The molecule has 0 aliphatic carbocycles. The van der Waals surface area contributed by atoms with Crippen LogP contribution in [0, 0.1) is 19.7 Å². The molecule has 0 fully saturated rings. The van der Waals surface area contributed by atoms with Gasteiger partial charge in [0.2, 0.25) is 0 Å². The van der Waals surface area contributed by atoms with Gasteiger partial charge in [0.1, 0.15) is 11.5 Å². The van der Waals surface area contributed by atoms with Crippen molar-refractivity contribution in [1.29, 1.82) is 0 Å². The van der Waals surface area contributed by atoms with Crippen LogP contribution in [0.15, 0.2) is 83.8 Å². The van der Waals surface area contributed by atoms with Crippen LogP contribution in [0.2, 0.25) is 5.02 Å². The predicted molar refractivity (Wildman–Crippen MR) is 147 cm³/mol. The van der Waals surface area contributed by atoms with Crippen LogP contribution in [0.3, 0.4) is 0 Å². The number of nitrogens with zero attached hydrogens (tertiary/aromatic N) is 3. The van der Waals surface area contributed by atoms with Crippen molar-refractivity contribution in [2.45, 2.75) is 26.8 Å². The number of aromatic nitrogens is 3. The minimum absolute atomic E-state index is 0.118. The molecule has 0 saturated carbocycles. The summed E-state index contributed by atoms with van der Waals surface area (Å²) < 4.78 is 15.7. The van der Waals surface area contributed by atoms with E-state index in [1.54, 1.807) is 49.6 Å². The van der Waals surface area contributed by atoms with Crippen LogP contribution >= 0.6 is 11.6 Å². The van der Waals surface area contributed by atoms with Crippen molar-refractivity contribution in [1.82, 2.24) is 19.9 Å². The lowest BCUT2D eigenvalue weighted by atomic mass is 10.1.